The Balaban J connectivity index is 2.90. The van der Waals surface area contributed by atoms with Gasteiger partial charge in [0.05, 0.1) is 12.7 Å². The van der Waals surface area contributed by atoms with Gasteiger partial charge in [-0.1, -0.05) is 33.1 Å². The van der Waals surface area contributed by atoms with E-state index < -0.39 is 5.41 Å². The van der Waals surface area contributed by atoms with Crippen LogP contribution in [-0.4, -0.2) is 35.1 Å². The van der Waals surface area contributed by atoms with Crippen LogP contribution in [0.3, 0.4) is 0 Å². The molecule has 0 radical (unpaired) electrons. The molecule has 1 saturated carbocycles. The maximum Gasteiger partial charge on any atom is 0.243 e. The number of nitrogens with zero attached hydrogens (tertiary/aromatic N) is 2. The Morgan fingerprint density at radius 3 is 2.32 bits per heavy atom. The molecular weight excluding hydrogens is 240 g/mol. The number of carbonyl (C=O) groups is 1. The van der Waals surface area contributed by atoms with Gasteiger partial charge < -0.3 is 10.0 Å². The topological polar surface area (TPSA) is 64.3 Å². The van der Waals surface area contributed by atoms with Gasteiger partial charge in [0.1, 0.15) is 5.41 Å². The summed E-state index contributed by atoms with van der Waals surface area (Å²) >= 11 is 0. The van der Waals surface area contributed by atoms with Gasteiger partial charge in [-0.3, -0.25) is 4.79 Å². The number of amides is 1. The van der Waals surface area contributed by atoms with Crippen molar-refractivity contribution in [3.8, 4) is 6.07 Å². The van der Waals surface area contributed by atoms with E-state index in [1.165, 1.54) is 6.42 Å². The molecular formula is C15H26N2O2. The Morgan fingerprint density at radius 1 is 1.32 bits per heavy atom. The summed E-state index contributed by atoms with van der Waals surface area (Å²) in [5.74, 6) is -0.0825. The van der Waals surface area contributed by atoms with E-state index in [0.29, 0.717) is 19.4 Å². The highest BCUT2D eigenvalue weighted by Gasteiger charge is 2.40. The van der Waals surface area contributed by atoms with Crippen molar-refractivity contribution in [1.29, 1.82) is 5.26 Å². The predicted octanol–water partition coefficient (Wildman–Crippen LogP) is 2.47. The lowest BCUT2D eigenvalue weighted by molar-refractivity contribution is -0.143. The Bertz CT molecular complexity index is 326. The van der Waals surface area contributed by atoms with Crippen molar-refractivity contribution in [2.24, 2.45) is 5.41 Å². The summed E-state index contributed by atoms with van der Waals surface area (Å²) in [6, 6.07) is 2.43. The summed E-state index contributed by atoms with van der Waals surface area (Å²) in [5, 5.41) is 18.6. The Labute approximate surface area is 116 Å². The van der Waals surface area contributed by atoms with Crippen LogP contribution in [0.15, 0.2) is 0 Å². The number of rotatable bonds is 6. The molecule has 1 amide bonds. The Hall–Kier alpha value is -1.08. The van der Waals surface area contributed by atoms with Crippen LogP contribution in [-0.2, 0) is 4.79 Å². The van der Waals surface area contributed by atoms with Gasteiger partial charge in [0.25, 0.3) is 0 Å². The number of aliphatic hydroxyl groups is 1. The van der Waals surface area contributed by atoms with Gasteiger partial charge in [0, 0.05) is 12.6 Å². The minimum absolute atomic E-state index is 0.0306. The Morgan fingerprint density at radius 2 is 1.89 bits per heavy atom. The molecule has 108 valence electrons. The molecule has 0 unspecified atom stereocenters. The zero-order chi connectivity index (χ0) is 14.3. The van der Waals surface area contributed by atoms with Gasteiger partial charge in [0.2, 0.25) is 5.91 Å². The van der Waals surface area contributed by atoms with E-state index in [2.05, 4.69) is 6.07 Å². The largest absolute Gasteiger partial charge is 0.395 e. The molecule has 0 aliphatic heterocycles. The molecule has 0 saturated heterocycles. The average molecular weight is 266 g/mol. The first-order valence-corrected chi connectivity index (χ1v) is 7.48. The SMILES string of the molecule is CCC(C#N)(CC)C(=O)N(CCO)C1CCCCC1. The molecule has 0 bridgehead atoms. The second-order valence-corrected chi connectivity index (χ2v) is 5.42. The van der Waals surface area contributed by atoms with Crippen LogP contribution in [0.1, 0.15) is 58.8 Å². The first-order valence-electron chi connectivity index (χ1n) is 7.48. The molecule has 1 fully saturated rings. The molecule has 4 heteroatoms. The summed E-state index contributed by atoms with van der Waals surface area (Å²) < 4.78 is 0. The molecule has 0 atom stereocenters. The van der Waals surface area contributed by atoms with Gasteiger partial charge in [-0.25, -0.2) is 0 Å². The lowest BCUT2D eigenvalue weighted by Crippen LogP contribution is -2.49. The van der Waals surface area contributed by atoms with Crippen LogP contribution in [0.25, 0.3) is 0 Å². The van der Waals surface area contributed by atoms with Gasteiger partial charge in [0.15, 0.2) is 0 Å². The molecule has 4 nitrogen and oxygen atoms in total. The normalized spacial score (nSPS) is 16.9. The van der Waals surface area contributed by atoms with Crippen molar-refractivity contribution in [3.63, 3.8) is 0 Å². The minimum Gasteiger partial charge on any atom is -0.395 e. The standard InChI is InChI=1S/C15H26N2O2/c1-3-15(4-2,12-16)14(19)17(10-11-18)13-8-6-5-7-9-13/h13,18H,3-11H2,1-2H3. The smallest absolute Gasteiger partial charge is 0.243 e. The van der Waals surface area contributed by atoms with Crippen LogP contribution in [0.4, 0.5) is 0 Å². The lowest BCUT2D eigenvalue weighted by Gasteiger charge is -2.38. The second kappa shape index (κ2) is 7.49. The van der Waals surface area contributed by atoms with Crippen molar-refractivity contribution in [1.82, 2.24) is 4.90 Å². The zero-order valence-corrected chi connectivity index (χ0v) is 12.2. The van der Waals surface area contributed by atoms with Crippen molar-refractivity contribution >= 4 is 5.91 Å². The summed E-state index contributed by atoms with van der Waals surface area (Å²) in [5.41, 5.74) is -0.910. The number of aliphatic hydroxyl groups excluding tert-OH is 1. The summed E-state index contributed by atoms with van der Waals surface area (Å²) in [6.45, 7) is 4.11. The fraction of sp³-hybridized carbons (Fsp3) is 0.867. The number of nitriles is 1. The highest BCUT2D eigenvalue weighted by molar-refractivity contribution is 5.85. The van der Waals surface area contributed by atoms with Crippen LogP contribution in [0.5, 0.6) is 0 Å². The van der Waals surface area contributed by atoms with E-state index in [0.717, 1.165) is 25.7 Å². The fourth-order valence-electron chi connectivity index (χ4n) is 2.98. The third kappa shape index (κ3) is 3.48. The third-order valence-electron chi connectivity index (χ3n) is 4.45. The van der Waals surface area contributed by atoms with E-state index in [4.69, 9.17) is 0 Å². The highest BCUT2D eigenvalue weighted by Crippen LogP contribution is 2.31. The monoisotopic (exact) mass is 266 g/mol. The Kier molecular flexibility index (Phi) is 6.30. The van der Waals surface area contributed by atoms with Gasteiger partial charge in [-0.05, 0) is 25.7 Å². The van der Waals surface area contributed by atoms with Gasteiger partial charge in [-0.15, -0.1) is 0 Å². The van der Waals surface area contributed by atoms with Crippen molar-refractivity contribution < 1.29 is 9.90 Å². The fourth-order valence-corrected chi connectivity index (χ4v) is 2.98. The predicted molar refractivity (Wildman–Crippen MR) is 74.3 cm³/mol. The maximum absolute atomic E-state index is 12.7. The number of hydrogen-bond acceptors (Lipinski definition) is 3. The molecule has 1 N–H and O–H groups in total. The second-order valence-electron chi connectivity index (χ2n) is 5.42. The minimum atomic E-state index is -0.910. The molecule has 0 spiro atoms. The molecule has 1 aliphatic carbocycles. The molecule has 1 aliphatic rings. The average Bonchev–Trinajstić information content (AvgIpc) is 2.48. The van der Waals surface area contributed by atoms with Crippen LogP contribution < -0.4 is 0 Å². The number of carbonyl (C=O) groups excluding carboxylic acids is 1. The molecule has 0 aromatic heterocycles. The van der Waals surface area contributed by atoms with E-state index in [9.17, 15) is 15.2 Å². The van der Waals surface area contributed by atoms with Gasteiger partial charge in [-0.2, -0.15) is 5.26 Å². The molecule has 0 aromatic rings. The first-order chi connectivity index (χ1) is 9.15. The third-order valence-corrected chi connectivity index (χ3v) is 4.45. The van der Waals surface area contributed by atoms with E-state index in [1.54, 1.807) is 4.90 Å². The first kappa shape index (κ1) is 16.0. The summed E-state index contributed by atoms with van der Waals surface area (Å²) in [7, 11) is 0. The van der Waals surface area contributed by atoms with Crippen LogP contribution in [0, 0.1) is 16.7 Å². The van der Waals surface area contributed by atoms with E-state index >= 15 is 0 Å². The van der Waals surface area contributed by atoms with E-state index in [-0.39, 0.29) is 18.6 Å². The zero-order valence-electron chi connectivity index (χ0n) is 12.2. The number of hydrogen-bond donors (Lipinski definition) is 1. The molecule has 1 rings (SSSR count). The van der Waals surface area contributed by atoms with Crippen LogP contribution in [0.2, 0.25) is 0 Å². The lowest BCUT2D eigenvalue weighted by atomic mass is 9.81. The quantitative estimate of drug-likeness (QED) is 0.803. The van der Waals surface area contributed by atoms with Crippen LogP contribution >= 0.6 is 0 Å². The highest BCUT2D eigenvalue weighted by atomic mass is 16.3. The molecule has 0 aromatic carbocycles. The summed E-state index contributed by atoms with van der Waals surface area (Å²) in [4.78, 5) is 14.5. The van der Waals surface area contributed by atoms with Crippen molar-refractivity contribution in [2.75, 3.05) is 13.2 Å². The summed E-state index contributed by atoms with van der Waals surface area (Å²) in [6.07, 6.45) is 6.57. The van der Waals surface area contributed by atoms with Crippen molar-refractivity contribution in [3.05, 3.63) is 0 Å². The molecule has 19 heavy (non-hydrogen) atoms. The van der Waals surface area contributed by atoms with E-state index in [1.807, 2.05) is 13.8 Å². The molecule has 0 heterocycles. The maximum atomic E-state index is 12.7. The van der Waals surface area contributed by atoms with Crippen molar-refractivity contribution in [2.45, 2.75) is 64.8 Å². The van der Waals surface area contributed by atoms with Gasteiger partial charge >= 0.3 is 0 Å².